The Hall–Kier alpha value is -6.52. The summed E-state index contributed by atoms with van der Waals surface area (Å²) < 4.78 is 4.55. The highest BCUT2D eigenvalue weighted by atomic mass is 16.6. The second kappa shape index (κ2) is 15.1. The summed E-state index contributed by atoms with van der Waals surface area (Å²) in [5.41, 5.74) is -19.3. The third-order valence-corrected chi connectivity index (χ3v) is 9.01. The lowest BCUT2D eigenvalue weighted by atomic mass is 9.72. The summed E-state index contributed by atoms with van der Waals surface area (Å²) >= 11 is 0. The van der Waals surface area contributed by atoms with Gasteiger partial charge in [0.15, 0.2) is 0 Å². The largest absolute Gasteiger partial charge is 0.479 e. The van der Waals surface area contributed by atoms with Crippen molar-refractivity contribution in [2.45, 2.75) is 50.1 Å². The summed E-state index contributed by atoms with van der Waals surface area (Å²) in [6.45, 7) is 6.24. The van der Waals surface area contributed by atoms with Crippen LogP contribution < -0.4 is 0 Å². The molecule has 0 aliphatic rings. The van der Waals surface area contributed by atoms with E-state index in [2.05, 4.69) is 4.74 Å². The number of esters is 2. The van der Waals surface area contributed by atoms with E-state index in [1.807, 2.05) is 0 Å². The van der Waals surface area contributed by atoms with E-state index in [4.69, 9.17) is 0 Å². The van der Waals surface area contributed by atoms with Crippen molar-refractivity contribution in [3.8, 4) is 0 Å². The normalized spacial score (nSPS) is 15.5. The first-order valence-electron chi connectivity index (χ1n) is 16.2. The number of rotatable bonds is 14. The smallest absolute Gasteiger partial charge is 0.358 e. The molecule has 0 bridgehead atoms. The standard InChI is InChI=1S/C40H34O15/c1-21-5-13-25(14-6-21)29(41)37(51,33(45)46)39(53,31(43)27-17-9-23(3)10-18-27)35(49)55-36(50)40(54,32(44)28-19-11-24(4)12-20-28)38(52,34(47)48)30(42)26-15-7-22(2)8-16-26/h5-20,51-54H,1-4H3,(H,45,46)(H,47,48). The predicted molar refractivity (Wildman–Crippen MR) is 188 cm³/mol. The molecule has 4 atom stereocenters. The number of carbonyl (C=O) groups is 8. The molecule has 55 heavy (non-hydrogen) atoms. The number of carboxylic acid groups (broad SMARTS) is 2. The molecule has 6 N–H and O–H groups in total. The summed E-state index contributed by atoms with van der Waals surface area (Å²) in [4.78, 5) is 109. The van der Waals surface area contributed by atoms with Crippen molar-refractivity contribution in [1.29, 1.82) is 0 Å². The molecule has 0 fully saturated rings. The molecule has 0 aliphatic heterocycles. The fraction of sp³-hybridized carbons (Fsp3) is 0.200. The molecule has 0 aliphatic carbocycles. The number of ketones is 4. The van der Waals surface area contributed by atoms with Gasteiger partial charge < -0.3 is 35.4 Å². The van der Waals surface area contributed by atoms with E-state index < -0.39 is 91.7 Å². The number of hydrogen-bond donors (Lipinski definition) is 6. The Bertz CT molecular complexity index is 2070. The molecule has 4 unspecified atom stereocenters. The maximum Gasteiger partial charge on any atom is 0.358 e. The van der Waals surface area contributed by atoms with Crippen LogP contribution in [-0.4, -0.2) is 100 Å². The number of hydrogen-bond acceptors (Lipinski definition) is 13. The van der Waals surface area contributed by atoms with Gasteiger partial charge in [0, 0.05) is 22.3 Å². The van der Waals surface area contributed by atoms with Crippen molar-refractivity contribution in [3.05, 3.63) is 142 Å². The third-order valence-electron chi connectivity index (χ3n) is 9.01. The Morgan fingerprint density at radius 2 is 0.545 bits per heavy atom. The second-order valence-electron chi connectivity index (χ2n) is 12.9. The number of ether oxygens (including phenoxy) is 1. The van der Waals surface area contributed by atoms with Gasteiger partial charge in [-0.05, 0) is 27.7 Å². The average molecular weight is 755 g/mol. The van der Waals surface area contributed by atoms with E-state index in [0.29, 0.717) is 22.3 Å². The van der Waals surface area contributed by atoms with Crippen molar-refractivity contribution in [1.82, 2.24) is 0 Å². The van der Waals surface area contributed by atoms with Gasteiger partial charge in [0.1, 0.15) is 0 Å². The molecule has 0 saturated carbocycles. The molecule has 15 heteroatoms. The lowest BCUT2D eigenvalue weighted by Crippen LogP contribution is -2.74. The zero-order chi connectivity index (χ0) is 41.3. The molecule has 0 radical (unpaired) electrons. The number of benzene rings is 4. The fourth-order valence-electron chi connectivity index (χ4n) is 5.53. The Labute approximate surface area is 312 Å². The maximum absolute atomic E-state index is 14.1. The van der Waals surface area contributed by atoms with Crippen molar-refractivity contribution in [3.63, 3.8) is 0 Å². The van der Waals surface area contributed by atoms with Crippen LogP contribution in [0.1, 0.15) is 63.7 Å². The summed E-state index contributed by atoms with van der Waals surface area (Å²) in [6, 6.07) is 17.7. The molecule has 284 valence electrons. The van der Waals surface area contributed by atoms with Gasteiger partial charge >= 0.3 is 23.9 Å². The van der Waals surface area contributed by atoms with Crippen molar-refractivity contribution in [2.75, 3.05) is 0 Å². The SMILES string of the molecule is Cc1ccc(C(=O)C(O)(C(=O)O)C(O)(C(=O)OC(=O)C(O)(C(=O)c2ccc(C)cc2)C(O)(C(=O)O)C(=O)c2ccc(C)cc2)C(=O)c2ccc(C)cc2)cc1. The van der Waals surface area contributed by atoms with Gasteiger partial charge in [-0.25, -0.2) is 19.2 Å². The van der Waals surface area contributed by atoms with Crippen LogP contribution in [0.4, 0.5) is 0 Å². The first-order valence-corrected chi connectivity index (χ1v) is 16.2. The Morgan fingerprint density at radius 1 is 0.364 bits per heavy atom. The lowest BCUT2D eigenvalue weighted by Gasteiger charge is -2.38. The summed E-state index contributed by atoms with van der Waals surface area (Å²) in [5, 5.41) is 67.7. The van der Waals surface area contributed by atoms with E-state index in [9.17, 15) is 69.0 Å². The molecule has 15 nitrogen and oxygen atoms in total. The van der Waals surface area contributed by atoms with Crippen LogP contribution in [0.3, 0.4) is 0 Å². The van der Waals surface area contributed by atoms with E-state index in [-0.39, 0.29) is 0 Å². The quantitative estimate of drug-likeness (QED) is 0.0610. The number of carbonyl (C=O) groups excluding carboxylic acids is 6. The molecule has 0 aromatic heterocycles. The van der Waals surface area contributed by atoms with Crippen molar-refractivity contribution < 1.29 is 73.7 Å². The second-order valence-corrected chi connectivity index (χ2v) is 12.9. The highest BCUT2D eigenvalue weighted by molar-refractivity contribution is 6.32. The van der Waals surface area contributed by atoms with Crippen LogP contribution in [0.2, 0.25) is 0 Å². The number of aliphatic carboxylic acids is 2. The first-order chi connectivity index (χ1) is 25.6. The Balaban J connectivity index is 2.00. The average Bonchev–Trinajstić information content (AvgIpc) is 3.16. The molecular formula is C40H34O15. The minimum atomic E-state index is -4.68. The maximum atomic E-state index is 14.1. The number of aliphatic hydroxyl groups is 4. The van der Waals surface area contributed by atoms with Gasteiger partial charge in [-0.15, -0.1) is 0 Å². The predicted octanol–water partition coefficient (Wildman–Crippen LogP) is 1.92. The molecule has 4 aromatic carbocycles. The first kappa shape index (κ1) is 41.2. The highest BCUT2D eigenvalue weighted by Crippen LogP contribution is 2.37. The van der Waals surface area contributed by atoms with Gasteiger partial charge in [-0.1, -0.05) is 119 Å². The fourth-order valence-corrected chi connectivity index (χ4v) is 5.53. The van der Waals surface area contributed by atoms with Crippen molar-refractivity contribution >= 4 is 47.0 Å². The topological polar surface area (TPSA) is 267 Å². The Morgan fingerprint density at radius 3 is 0.727 bits per heavy atom. The van der Waals surface area contributed by atoms with Gasteiger partial charge in [-0.3, -0.25) is 19.2 Å². The summed E-state index contributed by atoms with van der Waals surface area (Å²) in [7, 11) is 0. The van der Waals surface area contributed by atoms with Crippen LogP contribution in [-0.2, 0) is 23.9 Å². The Kier molecular flexibility index (Phi) is 11.3. The van der Waals surface area contributed by atoms with E-state index in [1.54, 1.807) is 27.7 Å². The molecule has 4 aromatic rings. The van der Waals surface area contributed by atoms with Crippen molar-refractivity contribution in [2.24, 2.45) is 0 Å². The minimum Gasteiger partial charge on any atom is -0.479 e. The molecular weight excluding hydrogens is 720 g/mol. The molecule has 0 saturated heterocycles. The van der Waals surface area contributed by atoms with Gasteiger partial charge in [0.2, 0.25) is 23.1 Å². The van der Waals surface area contributed by atoms with E-state index in [1.165, 1.54) is 48.5 Å². The van der Waals surface area contributed by atoms with E-state index >= 15 is 0 Å². The number of aryl methyl sites for hydroxylation is 4. The zero-order valence-corrected chi connectivity index (χ0v) is 29.6. The van der Waals surface area contributed by atoms with Gasteiger partial charge in [-0.2, -0.15) is 0 Å². The summed E-state index contributed by atoms with van der Waals surface area (Å²) in [6.07, 6.45) is 0. The van der Waals surface area contributed by atoms with Crippen LogP contribution in [0.15, 0.2) is 97.1 Å². The molecule has 0 spiro atoms. The summed E-state index contributed by atoms with van der Waals surface area (Å²) in [5.74, 6) is -19.2. The van der Waals surface area contributed by atoms with Crippen LogP contribution >= 0.6 is 0 Å². The van der Waals surface area contributed by atoms with Crippen LogP contribution in [0.5, 0.6) is 0 Å². The van der Waals surface area contributed by atoms with E-state index in [0.717, 1.165) is 48.5 Å². The minimum absolute atomic E-state index is 0.493. The molecule has 4 rings (SSSR count). The van der Waals surface area contributed by atoms with Gasteiger partial charge in [0.05, 0.1) is 0 Å². The molecule has 0 heterocycles. The molecule has 0 amide bonds. The highest BCUT2D eigenvalue weighted by Gasteiger charge is 2.74. The third kappa shape index (κ3) is 6.88. The zero-order valence-electron chi connectivity index (χ0n) is 29.6. The van der Waals surface area contributed by atoms with Gasteiger partial charge in [0.25, 0.3) is 22.4 Å². The lowest BCUT2D eigenvalue weighted by molar-refractivity contribution is -0.205. The number of Topliss-reactive ketones (excluding diaryl/α,β-unsaturated/α-hetero) is 4. The van der Waals surface area contributed by atoms with Crippen LogP contribution in [0.25, 0.3) is 0 Å². The number of carboxylic acids is 2. The van der Waals surface area contributed by atoms with Crippen LogP contribution in [0, 0.1) is 27.7 Å². The monoisotopic (exact) mass is 754 g/mol.